The van der Waals surface area contributed by atoms with E-state index in [-0.39, 0.29) is 37.0 Å². The molecule has 1 unspecified atom stereocenters. The summed E-state index contributed by atoms with van der Waals surface area (Å²) < 4.78 is 10.9. The van der Waals surface area contributed by atoms with Crippen LogP contribution in [0.3, 0.4) is 0 Å². The number of carbonyl (C=O) groups is 4. The summed E-state index contributed by atoms with van der Waals surface area (Å²) in [7, 11) is 0. The Morgan fingerprint density at radius 1 is 0.939 bits per heavy atom. The van der Waals surface area contributed by atoms with Crippen molar-refractivity contribution < 1.29 is 28.7 Å². The molecule has 1 aliphatic rings. The van der Waals surface area contributed by atoms with E-state index in [1.54, 1.807) is 4.90 Å². The molecule has 0 saturated carbocycles. The molecule has 1 amide bonds. The number of unbranched alkanes of at least 4 members (excludes halogenated alkanes) is 5. The molecule has 0 bridgehead atoms. The minimum Gasteiger partial charge on any atom is -0.466 e. The van der Waals surface area contributed by atoms with Gasteiger partial charge in [0.25, 0.3) is 0 Å². The van der Waals surface area contributed by atoms with Crippen LogP contribution in [0.5, 0.6) is 0 Å². The molecule has 0 spiro atoms. The molecule has 1 heterocycles. The van der Waals surface area contributed by atoms with Gasteiger partial charge in [0.2, 0.25) is 5.91 Å². The monoisotopic (exact) mass is 463 g/mol. The Kier molecular flexibility index (Phi) is 14.1. The fourth-order valence-corrected chi connectivity index (χ4v) is 4.15. The first-order valence-electron chi connectivity index (χ1n) is 12.3. The zero-order valence-electron chi connectivity index (χ0n) is 20.4. The average molecular weight is 464 g/mol. The van der Waals surface area contributed by atoms with Gasteiger partial charge in [-0.25, -0.2) is 0 Å². The van der Waals surface area contributed by atoms with Crippen LogP contribution in [0.4, 0.5) is 0 Å². The van der Waals surface area contributed by atoms with Crippen molar-refractivity contribution in [1.29, 1.82) is 0 Å². The number of rotatable bonds is 17. The van der Waals surface area contributed by atoms with E-state index in [1.807, 2.05) is 6.92 Å². The van der Waals surface area contributed by atoms with Gasteiger partial charge in [0.1, 0.15) is 6.10 Å². The average Bonchev–Trinajstić information content (AvgIpc) is 3.20. The second kappa shape index (κ2) is 16.2. The Hall–Kier alpha value is -2.44. The third-order valence-corrected chi connectivity index (χ3v) is 5.99. The van der Waals surface area contributed by atoms with Crippen molar-refractivity contribution in [3.63, 3.8) is 0 Å². The van der Waals surface area contributed by atoms with Crippen LogP contribution < -0.4 is 0 Å². The maximum absolute atomic E-state index is 12.6. The number of likely N-dealkylation sites (tertiary alicyclic amines) is 1. The van der Waals surface area contributed by atoms with Crippen LogP contribution in [0, 0.1) is 5.92 Å². The maximum atomic E-state index is 12.6. The molecule has 7 heteroatoms. The van der Waals surface area contributed by atoms with Gasteiger partial charge in [-0.1, -0.05) is 59.1 Å². The summed E-state index contributed by atoms with van der Waals surface area (Å²) in [4.78, 5) is 50.4. The van der Waals surface area contributed by atoms with Crippen molar-refractivity contribution in [3.8, 4) is 0 Å². The molecular weight excluding hydrogens is 422 g/mol. The van der Waals surface area contributed by atoms with Gasteiger partial charge in [-0.3, -0.25) is 19.2 Å². The fourth-order valence-electron chi connectivity index (χ4n) is 4.15. The summed E-state index contributed by atoms with van der Waals surface area (Å²) in [5, 5.41) is 0. The molecule has 7 nitrogen and oxygen atoms in total. The Morgan fingerprint density at radius 2 is 1.61 bits per heavy atom. The Labute approximate surface area is 198 Å². The summed E-state index contributed by atoms with van der Waals surface area (Å²) in [5.41, 5.74) is 0. The second-order valence-corrected chi connectivity index (χ2v) is 8.74. The van der Waals surface area contributed by atoms with Crippen LogP contribution in [-0.4, -0.2) is 53.8 Å². The molecular formula is C26H41NO6. The maximum Gasteiger partial charge on any atom is 0.306 e. The van der Waals surface area contributed by atoms with E-state index >= 15 is 0 Å². The van der Waals surface area contributed by atoms with Crippen LogP contribution >= 0.6 is 0 Å². The number of esters is 2. The van der Waals surface area contributed by atoms with E-state index in [1.165, 1.54) is 31.4 Å². The van der Waals surface area contributed by atoms with Crippen molar-refractivity contribution in [1.82, 2.24) is 4.90 Å². The molecule has 3 atom stereocenters. The zero-order chi connectivity index (χ0) is 24.6. The van der Waals surface area contributed by atoms with Crippen LogP contribution in [0.25, 0.3) is 0 Å². The third kappa shape index (κ3) is 11.3. The second-order valence-electron chi connectivity index (χ2n) is 8.74. The predicted molar refractivity (Wildman–Crippen MR) is 127 cm³/mol. The predicted octanol–water partition coefficient (Wildman–Crippen LogP) is 4.54. The normalized spacial score (nSPS) is 18.4. The molecule has 0 N–H and O–H groups in total. The topological polar surface area (TPSA) is 90.0 Å². The summed E-state index contributed by atoms with van der Waals surface area (Å²) in [5.74, 6) is -1.80. The van der Waals surface area contributed by atoms with Gasteiger partial charge in [-0.2, -0.15) is 0 Å². The summed E-state index contributed by atoms with van der Waals surface area (Å²) in [6.45, 7) is 11.8. The van der Waals surface area contributed by atoms with Crippen LogP contribution in [-0.2, 0) is 28.7 Å². The Morgan fingerprint density at radius 3 is 2.24 bits per heavy atom. The van der Waals surface area contributed by atoms with E-state index in [4.69, 9.17) is 9.47 Å². The van der Waals surface area contributed by atoms with Crippen LogP contribution in [0.15, 0.2) is 25.3 Å². The Balaban J connectivity index is 2.51. The van der Waals surface area contributed by atoms with Crippen LogP contribution in [0.1, 0.15) is 84.5 Å². The van der Waals surface area contributed by atoms with Crippen LogP contribution in [0.2, 0.25) is 0 Å². The molecule has 1 rings (SSSR count). The van der Waals surface area contributed by atoms with Gasteiger partial charge in [-0.15, -0.1) is 0 Å². The lowest BCUT2D eigenvalue weighted by Gasteiger charge is -2.21. The van der Waals surface area contributed by atoms with E-state index < -0.39 is 24.0 Å². The first kappa shape index (κ1) is 28.6. The highest BCUT2D eigenvalue weighted by molar-refractivity contribution is 5.90. The van der Waals surface area contributed by atoms with E-state index in [2.05, 4.69) is 20.1 Å². The highest BCUT2D eigenvalue weighted by Crippen LogP contribution is 2.25. The lowest BCUT2D eigenvalue weighted by molar-refractivity contribution is -0.151. The lowest BCUT2D eigenvalue weighted by Crippen LogP contribution is -2.34. The van der Waals surface area contributed by atoms with Gasteiger partial charge >= 0.3 is 11.9 Å². The molecule has 1 fully saturated rings. The minimum atomic E-state index is -0.505. The number of ether oxygens (including phenoxy) is 2. The number of ketones is 1. The number of nitrogens with zero attached hydrogens (tertiary/aromatic N) is 1. The SMILES string of the molecule is C=CC(=O)CC(CC(=O)OCCCCCCCC)CC(=O)O[C@@H]1C[C@@H](CC)N(C(=O)C=C)C1. The summed E-state index contributed by atoms with van der Waals surface area (Å²) in [6, 6.07) is 0.00314. The number of carbonyl (C=O) groups excluding carboxylic acids is 4. The fraction of sp³-hybridized carbons (Fsp3) is 0.692. The van der Waals surface area contributed by atoms with Crippen molar-refractivity contribution >= 4 is 23.6 Å². The molecule has 0 aromatic carbocycles. The molecule has 0 aromatic heterocycles. The molecule has 186 valence electrons. The molecule has 0 aliphatic carbocycles. The smallest absolute Gasteiger partial charge is 0.306 e. The largest absolute Gasteiger partial charge is 0.466 e. The molecule has 0 radical (unpaired) electrons. The lowest BCUT2D eigenvalue weighted by atomic mass is 9.95. The summed E-state index contributed by atoms with van der Waals surface area (Å²) >= 11 is 0. The van der Waals surface area contributed by atoms with Crippen molar-refractivity contribution in [3.05, 3.63) is 25.3 Å². The number of amides is 1. The molecule has 33 heavy (non-hydrogen) atoms. The quantitative estimate of drug-likeness (QED) is 0.179. The van der Waals surface area contributed by atoms with E-state index in [9.17, 15) is 19.2 Å². The molecule has 0 aromatic rings. The standard InChI is InChI=1S/C26H41NO6/c1-5-9-10-11-12-13-14-32-25(30)16-20(15-22(28)7-3)17-26(31)33-23-18-21(6-2)27(19-23)24(29)8-4/h7-8,20-21,23H,3-6,9-19H2,1-2H3/t20?,21-,23-/m1/s1. The van der Waals surface area contributed by atoms with Crippen molar-refractivity contribution in [2.75, 3.05) is 13.2 Å². The third-order valence-electron chi connectivity index (χ3n) is 5.99. The number of hydrogen-bond acceptors (Lipinski definition) is 6. The van der Waals surface area contributed by atoms with Gasteiger partial charge in [0, 0.05) is 31.7 Å². The highest BCUT2D eigenvalue weighted by Gasteiger charge is 2.35. The van der Waals surface area contributed by atoms with Gasteiger partial charge in [0.05, 0.1) is 13.2 Å². The summed E-state index contributed by atoms with van der Waals surface area (Å²) in [6.07, 6.45) is 9.90. The first-order chi connectivity index (χ1) is 15.8. The van der Waals surface area contributed by atoms with Gasteiger partial charge in [0.15, 0.2) is 5.78 Å². The first-order valence-corrected chi connectivity index (χ1v) is 12.3. The Bertz CT molecular complexity index is 674. The van der Waals surface area contributed by atoms with Crippen molar-refractivity contribution in [2.24, 2.45) is 5.92 Å². The minimum absolute atomic E-state index is 0.00314. The van der Waals surface area contributed by atoms with Crippen molar-refractivity contribution in [2.45, 2.75) is 96.6 Å². The number of hydrogen-bond donors (Lipinski definition) is 0. The van der Waals surface area contributed by atoms with E-state index in [0.717, 1.165) is 25.7 Å². The van der Waals surface area contributed by atoms with Gasteiger partial charge in [-0.05, 0) is 30.9 Å². The van der Waals surface area contributed by atoms with Gasteiger partial charge < -0.3 is 14.4 Å². The zero-order valence-corrected chi connectivity index (χ0v) is 20.4. The number of allylic oxidation sites excluding steroid dienone is 1. The highest BCUT2D eigenvalue weighted by atomic mass is 16.5. The molecule has 1 saturated heterocycles. The molecule has 1 aliphatic heterocycles. The van der Waals surface area contributed by atoms with E-state index in [0.29, 0.717) is 19.6 Å².